The highest BCUT2D eigenvalue weighted by atomic mass is 16.3. The Morgan fingerprint density at radius 1 is 0.810 bits per heavy atom. The second-order valence-corrected chi connectivity index (χ2v) is 5.98. The van der Waals surface area contributed by atoms with Gasteiger partial charge in [-0.25, -0.2) is 0 Å². The van der Waals surface area contributed by atoms with Gasteiger partial charge in [-0.05, 0) is 18.9 Å². The van der Waals surface area contributed by atoms with E-state index >= 15 is 0 Å². The summed E-state index contributed by atoms with van der Waals surface area (Å²) < 4.78 is 0. The quantitative estimate of drug-likeness (QED) is 0.242. The molecular formula is C18H35NO2. The van der Waals surface area contributed by atoms with Crippen LogP contribution in [0.2, 0.25) is 0 Å². The summed E-state index contributed by atoms with van der Waals surface area (Å²) in [4.78, 5) is 10.6. The first-order valence-electron chi connectivity index (χ1n) is 8.87. The number of aliphatic hydroxyl groups excluding tert-OH is 1. The van der Waals surface area contributed by atoms with Gasteiger partial charge in [0.2, 0.25) is 0 Å². The standard InChI is InChI=1S/C18H35NO2/c1-2-3-4-5-6-7-8-9-10-11-12-13-14-15-16-17(20)18(19)21/h16,20H,2-15H2,1H3,(H2,19,21)/b17-16-. The van der Waals surface area contributed by atoms with Crippen LogP contribution in [0.1, 0.15) is 96.8 Å². The van der Waals surface area contributed by atoms with E-state index in [9.17, 15) is 4.79 Å². The molecule has 0 aliphatic heterocycles. The minimum absolute atomic E-state index is 0.297. The van der Waals surface area contributed by atoms with Gasteiger partial charge in [-0.3, -0.25) is 4.79 Å². The van der Waals surface area contributed by atoms with Gasteiger partial charge >= 0.3 is 0 Å². The number of nitrogens with two attached hydrogens (primary N) is 1. The number of allylic oxidation sites excluding steroid dienone is 1. The van der Waals surface area contributed by atoms with Crippen molar-refractivity contribution in [1.29, 1.82) is 0 Å². The third-order valence-corrected chi connectivity index (χ3v) is 3.90. The third kappa shape index (κ3) is 15.2. The van der Waals surface area contributed by atoms with Crippen molar-refractivity contribution in [2.24, 2.45) is 5.73 Å². The van der Waals surface area contributed by atoms with Crippen LogP contribution in [-0.4, -0.2) is 11.0 Å². The minimum Gasteiger partial charge on any atom is -0.503 e. The molecule has 21 heavy (non-hydrogen) atoms. The van der Waals surface area contributed by atoms with E-state index in [0.717, 1.165) is 12.8 Å². The average molecular weight is 297 g/mol. The monoisotopic (exact) mass is 297 g/mol. The van der Waals surface area contributed by atoms with Crippen molar-refractivity contribution in [3.05, 3.63) is 11.8 Å². The van der Waals surface area contributed by atoms with Crippen LogP contribution in [0.4, 0.5) is 0 Å². The maximum atomic E-state index is 10.6. The molecule has 0 aliphatic rings. The number of amides is 1. The van der Waals surface area contributed by atoms with Crippen LogP contribution < -0.4 is 5.73 Å². The second kappa shape index (κ2) is 15.4. The SMILES string of the molecule is CCCCCCCCCCCCCCC/C=C(\O)C(N)=O. The molecule has 0 aromatic rings. The average Bonchev–Trinajstić information content (AvgIpc) is 2.47. The largest absolute Gasteiger partial charge is 0.503 e. The highest BCUT2D eigenvalue weighted by molar-refractivity contribution is 5.89. The Morgan fingerprint density at radius 2 is 1.19 bits per heavy atom. The molecule has 0 heterocycles. The lowest BCUT2D eigenvalue weighted by molar-refractivity contribution is -0.116. The lowest BCUT2D eigenvalue weighted by atomic mass is 10.0. The smallest absolute Gasteiger partial charge is 0.283 e. The lowest BCUT2D eigenvalue weighted by Crippen LogP contribution is -2.13. The Balaban J connectivity index is 3.12. The van der Waals surface area contributed by atoms with Crippen molar-refractivity contribution in [2.45, 2.75) is 96.8 Å². The third-order valence-electron chi connectivity index (χ3n) is 3.90. The lowest BCUT2D eigenvalue weighted by Gasteiger charge is -2.02. The van der Waals surface area contributed by atoms with Gasteiger partial charge in [0.25, 0.3) is 5.91 Å². The fourth-order valence-electron chi connectivity index (χ4n) is 2.50. The van der Waals surface area contributed by atoms with Gasteiger partial charge in [0.05, 0.1) is 0 Å². The van der Waals surface area contributed by atoms with E-state index < -0.39 is 5.91 Å². The van der Waals surface area contributed by atoms with Crippen molar-refractivity contribution < 1.29 is 9.90 Å². The van der Waals surface area contributed by atoms with Crippen LogP contribution >= 0.6 is 0 Å². The summed E-state index contributed by atoms with van der Waals surface area (Å²) in [6.45, 7) is 2.26. The number of hydrogen-bond acceptors (Lipinski definition) is 2. The highest BCUT2D eigenvalue weighted by Crippen LogP contribution is 2.13. The van der Waals surface area contributed by atoms with Gasteiger partial charge in [0.1, 0.15) is 0 Å². The first kappa shape index (κ1) is 20.0. The molecule has 0 radical (unpaired) electrons. The zero-order valence-electron chi connectivity index (χ0n) is 13.9. The second-order valence-electron chi connectivity index (χ2n) is 5.98. The number of rotatable bonds is 15. The zero-order valence-corrected chi connectivity index (χ0v) is 13.9. The van der Waals surface area contributed by atoms with Gasteiger partial charge in [-0.2, -0.15) is 0 Å². The van der Waals surface area contributed by atoms with E-state index in [4.69, 9.17) is 10.8 Å². The molecule has 124 valence electrons. The van der Waals surface area contributed by atoms with Crippen molar-refractivity contribution in [1.82, 2.24) is 0 Å². The van der Waals surface area contributed by atoms with Gasteiger partial charge < -0.3 is 10.8 Å². The number of unbranched alkanes of at least 4 members (excludes halogenated alkanes) is 13. The van der Waals surface area contributed by atoms with Crippen LogP contribution in [0.15, 0.2) is 11.8 Å². The minimum atomic E-state index is -0.732. The summed E-state index contributed by atoms with van der Waals surface area (Å²) in [5.41, 5.74) is 4.93. The van der Waals surface area contributed by atoms with Crippen molar-refractivity contribution >= 4 is 5.91 Å². The number of carbonyl (C=O) groups excluding carboxylic acids is 1. The molecule has 0 atom stereocenters. The van der Waals surface area contributed by atoms with Crippen LogP contribution in [0.25, 0.3) is 0 Å². The molecule has 3 heteroatoms. The van der Waals surface area contributed by atoms with E-state index in [1.807, 2.05) is 0 Å². The van der Waals surface area contributed by atoms with Crippen molar-refractivity contribution in [3.63, 3.8) is 0 Å². The van der Waals surface area contributed by atoms with E-state index in [-0.39, 0.29) is 5.76 Å². The van der Waals surface area contributed by atoms with Crippen molar-refractivity contribution in [2.75, 3.05) is 0 Å². The topological polar surface area (TPSA) is 63.3 Å². The van der Waals surface area contributed by atoms with E-state index in [1.54, 1.807) is 0 Å². The fourth-order valence-corrected chi connectivity index (χ4v) is 2.50. The Bertz CT molecular complexity index is 274. The van der Waals surface area contributed by atoms with Gasteiger partial charge in [-0.1, -0.05) is 84.0 Å². The Morgan fingerprint density at radius 3 is 1.57 bits per heavy atom. The van der Waals surface area contributed by atoms with Crippen LogP contribution in [0, 0.1) is 0 Å². The highest BCUT2D eigenvalue weighted by Gasteiger charge is 1.99. The molecular weight excluding hydrogens is 262 g/mol. The van der Waals surface area contributed by atoms with Gasteiger partial charge in [0.15, 0.2) is 5.76 Å². The van der Waals surface area contributed by atoms with Crippen LogP contribution in [0.5, 0.6) is 0 Å². The zero-order chi connectivity index (χ0) is 15.8. The first-order chi connectivity index (χ1) is 10.2. The molecule has 0 spiro atoms. The summed E-state index contributed by atoms with van der Waals surface area (Å²) in [7, 11) is 0. The number of primary amides is 1. The van der Waals surface area contributed by atoms with Gasteiger partial charge in [-0.15, -0.1) is 0 Å². The molecule has 0 bridgehead atoms. The normalized spacial score (nSPS) is 11.8. The van der Waals surface area contributed by atoms with E-state index in [0.29, 0.717) is 0 Å². The fraction of sp³-hybridized carbons (Fsp3) is 0.833. The van der Waals surface area contributed by atoms with Crippen LogP contribution in [0.3, 0.4) is 0 Å². The Kier molecular flexibility index (Phi) is 14.7. The molecule has 0 unspecified atom stereocenters. The molecule has 0 saturated heterocycles. The molecule has 0 fully saturated rings. The predicted molar refractivity (Wildman–Crippen MR) is 90.2 cm³/mol. The molecule has 3 nitrogen and oxygen atoms in total. The molecule has 0 rings (SSSR count). The molecule has 0 aliphatic carbocycles. The Hall–Kier alpha value is -0.990. The molecule has 1 amide bonds. The molecule has 0 aromatic heterocycles. The number of carbonyl (C=O) groups is 1. The summed E-state index contributed by atoms with van der Waals surface area (Å²) in [6, 6.07) is 0. The van der Waals surface area contributed by atoms with Gasteiger partial charge in [0, 0.05) is 0 Å². The number of hydrogen-bond donors (Lipinski definition) is 2. The molecule has 0 saturated carbocycles. The summed E-state index contributed by atoms with van der Waals surface area (Å²) in [5.74, 6) is -1.03. The molecule has 0 aromatic carbocycles. The predicted octanol–water partition coefficient (Wildman–Crippen LogP) is 5.39. The summed E-state index contributed by atoms with van der Waals surface area (Å²) in [6.07, 6.45) is 19.5. The maximum Gasteiger partial charge on any atom is 0.283 e. The van der Waals surface area contributed by atoms with Crippen molar-refractivity contribution in [3.8, 4) is 0 Å². The number of aliphatic hydroxyl groups is 1. The maximum absolute atomic E-state index is 10.6. The summed E-state index contributed by atoms with van der Waals surface area (Å²) >= 11 is 0. The Labute approximate surface area is 131 Å². The molecule has 3 N–H and O–H groups in total. The first-order valence-corrected chi connectivity index (χ1v) is 8.87. The van der Waals surface area contributed by atoms with E-state index in [1.165, 1.54) is 83.1 Å². The summed E-state index contributed by atoms with van der Waals surface area (Å²) in [5, 5.41) is 9.10. The van der Waals surface area contributed by atoms with E-state index in [2.05, 4.69) is 6.92 Å². The van der Waals surface area contributed by atoms with Crippen LogP contribution in [-0.2, 0) is 4.79 Å².